The molecule has 2 atom stereocenters. The summed E-state index contributed by atoms with van der Waals surface area (Å²) >= 11 is 0. The molecule has 1 saturated heterocycles. The summed E-state index contributed by atoms with van der Waals surface area (Å²) in [5.74, 6) is 1.58. The van der Waals surface area contributed by atoms with E-state index in [4.69, 9.17) is 9.73 Å². The molecule has 0 radical (unpaired) electrons. The van der Waals surface area contributed by atoms with Crippen molar-refractivity contribution in [1.82, 2.24) is 19.8 Å². The summed E-state index contributed by atoms with van der Waals surface area (Å²) in [7, 11) is 0. The fraction of sp³-hybridized carbons (Fsp3) is 0.524. The number of aliphatic imine (C=N–C) groups is 1. The Morgan fingerprint density at radius 1 is 1.29 bits per heavy atom. The van der Waals surface area contributed by atoms with Gasteiger partial charge in [0, 0.05) is 32.0 Å². The van der Waals surface area contributed by atoms with E-state index >= 15 is 0 Å². The molecule has 0 aliphatic carbocycles. The van der Waals surface area contributed by atoms with Crippen LogP contribution in [0.25, 0.3) is 0 Å². The van der Waals surface area contributed by atoms with Crippen LogP contribution in [0.4, 0.5) is 13.2 Å². The number of aromatic nitrogens is 2. The van der Waals surface area contributed by atoms with Gasteiger partial charge < -0.3 is 19.5 Å². The molecule has 31 heavy (non-hydrogen) atoms. The van der Waals surface area contributed by atoms with Gasteiger partial charge in [-0.3, -0.25) is 0 Å². The molecular formula is C21H29F3IN5O. The predicted molar refractivity (Wildman–Crippen MR) is 125 cm³/mol. The van der Waals surface area contributed by atoms with Crippen LogP contribution >= 0.6 is 24.0 Å². The molecule has 6 nitrogen and oxygen atoms in total. The summed E-state index contributed by atoms with van der Waals surface area (Å²) in [5.41, 5.74) is 0.904. The van der Waals surface area contributed by atoms with E-state index in [-0.39, 0.29) is 29.7 Å². The monoisotopic (exact) mass is 551 g/mol. The van der Waals surface area contributed by atoms with Gasteiger partial charge >= 0.3 is 6.18 Å². The summed E-state index contributed by atoms with van der Waals surface area (Å²) in [4.78, 5) is 11.2. The minimum Gasteiger partial charge on any atom is -0.484 e. The number of halogens is 4. The minimum absolute atomic E-state index is 0. The zero-order chi connectivity index (χ0) is 21.6. The van der Waals surface area contributed by atoms with E-state index in [1.165, 1.54) is 0 Å². The number of likely N-dealkylation sites (tertiary alicyclic amines) is 1. The predicted octanol–water partition coefficient (Wildman–Crippen LogP) is 4.49. The van der Waals surface area contributed by atoms with E-state index in [0.29, 0.717) is 18.5 Å². The van der Waals surface area contributed by atoms with Gasteiger partial charge in [0.25, 0.3) is 0 Å². The number of rotatable bonds is 6. The van der Waals surface area contributed by atoms with Gasteiger partial charge in [-0.1, -0.05) is 19.1 Å². The molecule has 1 aliphatic heterocycles. The number of piperidine rings is 1. The molecular weight excluding hydrogens is 522 g/mol. The summed E-state index contributed by atoms with van der Waals surface area (Å²) in [6.45, 7) is 5.95. The molecule has 2 heterocycles. The molecule has 0 spiro atoms. The largest absolute Gasteiger partial charge is 0.484 e. The molecule has 1 aliphatic rings. The highest BCUT2D eigenvalue weighted by Crippen LogP contribution is 2.27. The highest BCUT2D eigenvalue weighted by atomic mass is 127. The number of nitrogens with zero attached hydrogens (tertiary/aromatic N) is 4. The van der Waals surface area contributed by atoms with Crippen molar-refractivity contribution in [2.45, 2.75) is 39.0 Å². The van der Waals surface area contributed by atoms with Crippen LogP contribution in [-0.4, -0.2) is 52.8 Å². The average molecular weight is 551 g/mol. The van der Waals surface area contributed by atoms with Gasteiger partial charge in [0.2, 0.25) is 0 Å². The molecule has 1 aromatic carbocycles. The maximum Gasteiger partial charge on any atom is 0.422 e. The Bertz CT molecular complexity index is 811. The van der Waals surface area contributed by atoms with E-state index in [0.717, 1.165) is 37.6 Å². The first-order chi connectivity index (χ1) is 14.4. The maximum atomic E-state index is 12.3. The second-order valence-corrected chi connectivity index (χ2v) is 7.51. The first kappa shape index (κ1) is 25.3. The summed E-state index contributed by atoms with van der Waals surface area (Å²) < 4.78 is 43.7. The van der Waals surface area contributed by atoms with Crippen LogP contribution in [0.1, 0.15) is 31.9 Å². The third-order valence-electron chi connectivity index (χ3n) is 5.20. The number of imidazole rings is 1. The van der Waals surface area contributed by atoms with E-state index in [9.17, 15) is 13.2 Å². The Morgan fingerprint density at radius 3 is 2.65 bits per heavy atom. The van der Waals surface area contributed by atoms with Gasteiger partial charge in [0.1, 0.15) is 5.75 Å². The maximum absolute atomic E-state index is 12.3. The van der Waals surface area contributed by atoms with Crippen molar-refractivity contribution in [2.75, 3.05) is 26.2 Å². The van der Waals surface area contributed by atoms with Gasteiger partial charge in [-0.05, 0) is 37.0 Å². The molecule has 172 valence electrons. The zero-order valence-corrected chi connectivity index (χ0v) is 20.0. The fourth-order valence-corrected chi connectivity index (χ4v) is 3.54. The SMILES string of the molecule is CCNC(=NCc1ccc(OCC(F)(F)F)cc1)N1CCC(C)C(n2ccnc2)C1.I. The van der Waals surface area contributed by atoms with Gasteiger partial charge in [-0.2, -0.15) is 13.2 Å². The van der Waals surface area contributed by atoms with Crippen LogP contribution in [0, 0.1) is 5.92 Å². The number of nitrogens with one attached hydrogen (secondary N) is 1. The van der Waals surface area contributed by atoms with Crippen molar-refractivity contribution in [3.8, 4) is 5.75 Å². The number of hydrogen-bond donors (Lipinski definition) is 1. The molecule has 0 amide bonds. The summed E-state index contributed by atoms with van der Waals surface area (Å²) in [6.07, 6.45) is 2.37. The number of hydrogen-bond acceptors (Lipinski definition) is 3. The van der Waals surface area contributed by atoms with Gasteiger partial charge in [-0.25, -0.2) is 9.98 Å². The van der Waals surface area contributed by atoms with Crippen molar-refractivity contribution in [3.05, 3.63) is 48.5 Å². The normalized spacial score (nSPS) is 19.6. The van der Waals surface area contributed by atoms with E-state index in [1.807, 2.05) is 19.4 Å². The standard InChI is InChI=1S/C21H28F3N5O.HI/c1-3-26-20(28-10-8-16(2)19(13-28)29-11-9-25-15-29)27-12-17-4-6-18(7-5-17)30-14-21(22,23)24;/h4-7,9,11,15-16,19H,3,8,10,12-14H2,1-2H3,(H,26,27);1H. The van der Waals surface area contributed by atoms with Gasteiger partial charge in [-0.15, -0.1) is 24.0 Å². The first-order valence-electron chi connectivity index (χ1n) is 10.1. The van der Waals surface area contributed by atoms with Crippen LogP contribution in [0.2, 0.25) is 0 Å². The minimum atomic E-state index is -4.34. The number of benzene rings is 1. The van der Waals surface area contributed by atoms with E-state index in [2.05, 4.69) is 26.7 Å². The molecule has 1 aromatic heterocycles. The number of alkyl halides is 3. The van der Waals surface area contributed by atoms with Crippen molar-refractivity contribution >= 4 is 29.9 Å². The lowest BCUT2D eigenvalue weighted by Crippen LogP contribution is -2.49. The van der Waals surface area contributed by atoms with Crippen molar-refractivity contribution < 1.29 is 17.9 Å². The zero-order valence-electron chi connectivity index (χ0n) is 17.7. The van der Waals surface area contributed by atoms with Crippen molar-refractivity contribution in [2.24, 2.45) is 10.9 Å². The van der Waals surface area contributed by atoms with Crippen LogP contribution in [0.15, 0.2) is 48.0 Å². The van der Waals surface area contributed by atoms with Crippen LogP contribution in [-0.2, 0) is 6.54 Å². The lowest BCUT2D eigenvalue weighted by Gasteiger charge is -2.39. The third kappa shape index (κ3) is 7.58. The highest BCUT2D eigenvalue weighted by Gasteiger charge is 2.29. The topological polar surface area (TPSA) is 54.7 Å². The Kier molecular flexibility index (Phi) is 9.45. The molecule has 0 bridgehead atoms. The van der Waals surface area contributed by atoms with Crippen molar-refractivity contribution in [3.63, 3.8) is 0 Å². The van der Waals surface area contributed by atoms with Gasteiger partial charge in [0.05, 0.1) is 18.9 Å². The third-order valence-corrected chi connectivity index (χ3v) is 5.20. The molecule has 2 aromatic rings. The summed E-state index contributed by atoms with van der Waals surface area (Å²) in [6, 6.07) is 6.90. The van der Waals surface area contributed by atoms with Crippen LogP contribution in [0.5, 0.6) is 5.75 Å². The summed E-state index contributed by atoms with van der Waals surface area (Å²) in [5, 5.41) is 3.35. The lowest BCUT2D eigenvalue weighted by molar-refractivity contribution is -0.153. The second kappa shape index (κ2) is 11.6. The quantitative estimate of drug-likeness (QED) is 0.327. The molecule has 10 heteroatoms. The Morgan fingerprint density at radius 2 is 2.03 bits per heavy atom. The van der Waals surface area contributed by atoms with Crippen LogP contribution < -0.4 is 10.1 Å². The molecule has 1 fully saturated rings. The number of guanidine groups is 1. The second-order valence-electron chi connectivity index (χ2n) is 7.51. The lowest BCUT2D eigenvalue weighted by atomic mass is 9.93. The molecule has 1 N–H and O–H groups in total. The van der Waals surface area contributed by atoms with E-state index in [1.54, 1.807) is 30.5 Å². The Hall–Kier alpha value is -1.98. The highest BCUT2D eigenvalue weighted by molar-refractivity contribution is 14.0. The fourth-order valence-electron chi connectivity index (χ4n) is 3.54. The smallest absolute Gasteiger partial charge is 0.422 e. The molecule has 0 saturated carbocycles. The number of ether oxygens (including phenoxy) is 1. The van der Waals surface area contributed by atoms with Crippen LogP contribution in [0.3, 0.4) is 0 Å². The Labute approximate surface area is 197 Å². The van der Waals surface area contributed by atoms with Crippen molar-refractivity contribution in [1.29, 1.82) is 0 Å². The van der Waals surface area contributed by atoms with E-state index < -0.39 is 12.8 Å². The first-order valence-corrected chi connectivity index (χ1v) is 10.1. The Balaban J connectivity index is 0.00000341. The molecule has 2 unspecified atom stereocenters. The average Bonchev–Trinajstić information content (AvgIpc) is 3.25. The molecule has 3 rings (SSSR count). The van der Waals surface area contributed by atoms with Gasteiger partial charge in [0.15, 0.2) is 12.6 Å².